The molecule has 0 saturated carbocycles. The lowest BCUT2D eigenvalue weighted by atomic mass is 9.86. The number of nitrogen functional groups attached to an aromatic ring is 1. The van der Waals surface area contributed by atoms with Crippen molar-refractivity contribution in [2.24, 2.45) is 5.92 Å². The average molecular weight is 297 g/mol. The lowest BCUT2D eigenvalue weighted by Gasteiger charge is -2.22. The third-order valence-electron chi connectivity index (χ3n) is 3.88. The quantitative estimate of drug-likeness (QED) is 0.382. The van der Waals surface area contributed by atoms with Crippen molar-refractivity contribution < 1.29 is 14.7 Å². The second-order valence-electron chi connectivity index (χ2n) is 5.36. The van der Waals surface area contributed by atoms with Crippen LogP contribution in [0.5, 0.6) is 5.75 Å². The molecule has 1 aliphatic heterocycles. The molecule has 0 spiro atoms. The van der Waals surface area contributed by atoms with Crippen LogP contribution >= 0.6 is 0 Å². The first-order valence-electron chi connectivity index (χ1n) is 6.91. The normalized spacial score (nSPS) is 18.3. The van der Waals surface area contributed by atoms with E-state index in [1.807, 2.05) is 0 Å². The molecular formula is C16H15N3O3. The van der Waals surface area contributed by atoms with Crippen LogP contribution in [0.2, 0.25) is 0 Å². The Balaban J connectivity index is 2.09. The Hall–Kier alpha value is -2.89. The van der Waals surface area contributed by atoms with Gasteiger partial charge in [0.2, 0.25) is 11.8 Å². The van der Waals surface area contributed by atoms with Crippen LogP contribution in [0.3, 0.4) is 0 Å². The predicted molar refractivity (Wildman–Crippen MR) is 82.7 cm³/mol. The summed E-state index contributed by atoms with van der Waals surface area (Å²) in [5, 5.41) is 22.2. The molecule has 2 aromatic carbocycles. The first-order chi connectivity index (χ1) is 10.5. The molecule has 5 N–H and O–H groups in total. The number of nitrogens with two attached hydrogens (primary N) is 1. The van der Waals surface area contributed by atoms with Crippen LogP contribution < -0.4 is 11.1 Å². The predicted octanol–water partition coefficient (Wildman–Crippen LogP) is 1.55. The van der Waals surface area contributed by atoms with E-state index in [0.29, 0.717) is 16.6 Å². The van der Waals surface area contributed by atoms with Gasteiger partial charge in [0.1, 0.15) is 5.75 Å². The van der Waals surface area contributed by atoms with E-state index in [-0.39, 0.29) is 30.2 Å². The monoisotopic (exact) mass is 297 g/mol. The van der Waals surface area contributed by atoms with E-state index in [1.54, 1.807) is 24.3 Å². The summed E-state index contributed by atoms with van der Waals surface area (Å²) in [6, 6.07) is 8.35. The van der Waals surface area contributed by atoms with E-state index in [1.165, 1.54) is 6.07 Å². The van der Waals surface area contributed by atoms with E-state index in [0.717, 1.165) is 5.39 Å². The fourth-order valence-corrected chi connectivity index (χ4v) is 2.76. The van der Waals surface area contributed by atoms with Gasteiger partial charge in [-0.2, -0.15) is 0 Å². The third kappa shape index (κ3) is 2.28. The summed E-state index contributed by atoms with van der Waals surface area (Å²) in [4.78, 5) is 23.2. The van der Waals surface area contributed by atoms with Crippen LogP contribution in [-0.4, -0.2) is 22.6 Å². The molecule has 0 bridgehead atoms. The van der Waals surface area contributed by atoms with E-state index in [9.17, 15) is 14.7 Å². The van der Waals surface area contributed by atoms with E-state index < -0.39 is 11.8 Å². The first-order valence-corrected chi connectivity index (χ1v) is 6.91. The number of phenolic OH excluding ortho intramolecular Hbond substituents is 1. The van der Waals surface area contributed by atoms with Gasteiger partial charge in [-0.15, -0.1) is 0 Å². The molecule has 0 aromatic heterocycles. The molecule has 1 atom stereocenters. The van der Waals surface area contributed by atoms with Crippen LogP contribution in [0.15, 0.2) is 30.3 Å². The minimum Gasteiger partial charge on any atom is -0.507 e. The minimum atomic E-state index is -0.744. The van der Waals surface area contributed by atoms with Crippen molar-refractivity contribution >= 4 is 34.0 Å². The summed E-state index contributed by atoms with van der Waals surface area (Å²) in [6.07, 6.45) is 0.464. The van der Waals surface area contributed by atoms with Gasteiger partial charge in [-0.25, -0.2) is 0 Å². The largest absolute Gasteiger partial charge is 0.507 e. The third-order valence-corrected chi connectivity index (χ3v) is 3.88. The number of hydrogen-bond donors (Lipinski definition) is 4. The Morgan fingerprint density at radius 3 is 2.77 bits per heavy atom. The topological polar surface area (TPSA) is 116 Å². The molecule has 22 heavy (non-hydrogen) atoms. The average Bonchev–Trinajstić information content (AvgIpc) is 2.47. The number of aromatic hydroxyl groups is 1. The Morgan fingerprint density at radius 1 is 1.27 bits per heavy atom. The van der Waals surface area contributed by atoms with E-state index in [2.05, 4.69) is 5.32 Å². The first kappa shape index (κ1) is 14.1. The summed E-state index contributed by atoms with van der Waals surface area (Å²) in [7, 11) is 0. The lowest BCUT2D eigenvalue weighted by molar-refractivity contribution is -0.134. The van der Waals surface area contributed by atoms with Crippen LogP contribution in [0.25, 0.3) is 10.8 Å². The molecule has 1 unspecified atom stereocenters. The second kappa shape index (κ2) is 5.14. The Kier molecular flexibility index (Phi) is 3.29. The van der Waals surface area contributed by atoms with Crippen LogP contribution in [0, 0.1) is 11.3 Å². The second-order valence-corrected chi connectivity index (χ2v) is 5.36. The number of rotatable bonds is 2. The zero-order chi connectivity index (χ0) is 15.9. The van der Waals surface area contributed by atoms with Gasteiger partial charge in [0, 0.05) is 17.7 Å². The van der Waals surface area contributed by atoms with Crippen molar-refractivity contribution in [1.29, 1.82) is 5.41 Å². The highest BCUT2D eigenvalue weighted by Gasteiger charge is 2.32. The molecule has 0 aliphatic carbocycles. The Bertz CT molecular complexity index is 814. The highest BCUT2D eigenvalue weighted by atomic mass is 16.3. The number of anilines is 1. The lowest BCUT2D eigenvalue weighted by Crippen LogP contribution is -2.43. The molecule has 6 nitrogen and oxygen atoms in total. The van der Waals surface area contributed by atoms with Gasteiger partial charge in [-0.05, 0) is 35.4 Å². The molecule has 2 amide bonds. The number of hydrogen-bond acceptors (Lipinski definition) is 5. The molecular weight excluding hydrogens is 282 g/mol. The highest BCUT2D eigenvalue weighted by molar-refractivity contribution is 6.21. The summed E-state index contributed by atoms with van der Waals surface area (Å²) >= 11 is 0. The molecule has 1 fully saturated rings. The fraction of sp³-hybridized carbons (Fsp3) is 0.188. The van der Waals surface area contributed by atoms with E-state index in [4.69, 9.17) is 11.1 Å². The maximum atomic E-state index is 11.9. The zero-order valence-corrected chi connectivity index (χ0v) is 11.7. The number of carbonyl (C=O) groups is 2. The summed E-state index contributed by atoms with van der Waals surface area (Å²) < 4.78 is 0. The van der Waals surface area contributed by atoms with Crippen molar-refractivity contribution in [1.82, 2.24) is 5.32 Å². The summed E-state index contributed by atoms with van der Waals surface area (Å²) in [5.74, 6) is -1.63. The van der Waals surface area contributed by atoms with Gasteiger partial charge in [0.05, 0.1) is 11.6 Å². The number of benzene rings is 2. The van der Waals surface area contributed by atoms with Crippen molar-refractivity contribution in [2.75, 3.05) is 5.73 Å². The standard InChI is InChI=1S/C16H15N3O3/c17-9-2-3-10-8(7-9)1-5-12(20)14(10)15(18)11-4-6-13(21)19-16(11)22/h1-3,5,7,11,18,20H,4,6,17H2,(H,19,21,22). The fourth-order valence-electron chi connectivity index (χ4n) is 2.76. The minimum absolute atomic E-state index is 0.0119. The number of phenols is 1. The molecule has 6 heteroatoms. The molecule has 1 saturated heterocycles. The molecule has 0 radical (unpaired) electrons. The molecule has 112 valence electrons. The smallest absolute Gasteiger partial charge is 0.235 e. The zero-order valence-electron chi connectivity index (χ0n) is 11.7. The highest BCUT2D eigenvalue weighted by Crippen LogP contribution is 2.32. The number of fused-ring (bicyclic) bond motifs is 1. The number of nitrogens with one attached hydrogen (secondary N) is 2. The number of amides is 2. The summed E-state index contributed by atoms with van der Waals surface area (Å²) in [5.41, 5.74) is 6.65. The molecule has 3 rings (SSSR count). The Morgan fingerprint density at radius 2 is 2.05 bits per heavy atom. The number of imide groups is 1. The van der Waals surface area contributed by atoms with Gasteiger partial charge >= 0.3 is 0 Å². The van der Waals surface area contributed by atoms with Crippen LogP contribution in [-0.2, 0) is 9.59 Å². The van der Waals surface area contributed by atoms with Gasteiger partial charge < -0.3 is 16.2 Å². The number of piperidine rings is 1. The Labute approximate surface area is 126 Å². The maximum absolute atomic E-state index is 11.9. The van der Waals surface area contributed by atoms with Crippen molar-refractivity contribution in [3.05, 3.63) is 35.9 Å². The number of carbonyl (C=O) groups excluding carboxylic acids is 2. The van der Waals surface area contributed by atoms with Crippen molar-refractivity contribution in [3.8, 4) is 5.75 Å². The van der Waals surface area contributed by atoms with Crippen molar-refractivity contribution in [2.45, 2.75) is 12.8 Å². The van der Waals surface area contributed by atoms with Gasteiger partial charge in [0.25, 0.3) is 0 Å². The van der Waals surface area contributed by atoms with Gasteiger partial charge in [-0.1, -0.05) is 12.1 Å². The van der Waals surface area contributed by atoms with Crippen LogP contribution in [0.4, 0.5) is 5.69 Å². The molecule has 1 heterocycles. The van der Waals surface area contributed by atoms with Crippen molar-refractivity contribution in [3.63, 3.8) is 0 Å². The summed E-state index contributed by atoms with van der Waals surface area (Å²) in [6.45, 7) is 0. The maximum Gasteiger partial charge on any atom is 0.235 e. The SMILES string of the molecule is N=C(c1c(O)ccc2cc(N)ccc12)C1CCC(=O)NC1=O. The molecule has 1 aliphatic rings. The van der Waals surface area contributed by atoms with Gasteiger partial charge in [0.15, 0.2) is 0 Å². The van der Waals surface area contributed by atoms with Gasteiger partial charge in [-0.3, -0.25) is 14.9 Å². The van der Waals surface area contributed by atoms with E-state index >= 15 is 0 Å². The van der Waals surface area contributed by atoms with Crippen LogP contribution in [0.1, 0.15) is 18.4 Å². The molecule has 2 aromatic rings.